The zero-order valence-electron chi connectivity index (χ0n) is 13.9. The Morgan fingerprint density at radius 2 is 1.88 bits per heavy atom. The number of guanidine groups is 1. The minimum absolute atomic E-state index is 0. The molecule has 1 unspecified atom stereocenters. The van der Waals surface area contributed by atoms with Gasteiger partial charge >= 0.3 is 0 Å². The van der Waals surface area contributed by atoms with Gasteiger partial charge in [0.1, 0.15) is 0 Å². The normalized spacial score (nSPS) is 12.2. The lowest BCUT2D eigenvalue weighted by Gasteiger charge is -2.15. The molecule has 130 valence electrons. The number of nitrogens with one attached hydrogen (secondary N) is 2. The van der Waals surface area contributed by atoms with Gasteiger partial charge in [-0.25, -0.2) is 4.99 Å². The molecule has 2 aromatic rings. The average Bonchev–Trinajstić information content (AvgIpc) is 2.59. The van der Waals surface area contributed by atoms with Gasteiger partial charge in [0.25, 0.3) is 0 Å². The standard InChI is InChI=1S/C18H24N4O.HI/c1-2-19-18(21-13-16-10-6-7-11-20-16)22-14-17(23)12-15-8-4-3-5-9-15;/h3-11,17,23H,2,12-14H2,1H3,(H2,19,21,22);1H. The maximum Gasteiger partial charge on any atom is 0.191 e. The highest BCUT2D eigenvalue weighted by Crippen LogP contribution is 2.02. The number of hydrogen-bond acceptors (Lipinski definition) is 3. The average molecular weight is 440 g/mol. The molecule has 0 fully saturated rings. The second-order valence-corrected chi connectivity index (χ2v) is 5.24. The Morgan fingerprint density at radius 1 is 1.12 bits per heavy atom. The zero-order valence-corrected chi connectivity index (χ0v) is 16.2. The van der Waals surface area contributed by atoms with E-state index in [2.05, 4.69) is 20.6 Å². The Hall–Kier alpha value is -1.67. The van der Waals surface area contributed by atoms with Gasteiger partial charge in [-0.2, -0.15) is 0 Å². The Morgan fingerprint density at radius 3 is 2.54 bits per heavy atom. The summed E-state index contributed by atoms with van der Waals surface area (Å²) in [5.41, 5.74) is 2.03. The molecule has 0 aliphatic carbocycles. The molecule has 1 heterocycles. The number of hydrogen-bond donors (Lipinski definition) is 3. The van der Waals surface area contributed by atoms with Gasteiger partial charge in [0.2, 0.25) is 0 Å². The second-order valence-electron chi connectivity index (χ2n) is 5.24. The maximum atomic E-state index is 10.1. The summed E-state index contributed by atoms with van der Waals surface area (Å²) in [6, 6.07) is 15.7. The van der Waals surface area contributed by atoms with Crippen molar-refractivity contribution in [2.24, 2.45) is 4.99 Å². The lowest BCUT2D eigenvalue weighted by molar-refractivity contribution is 0.177. The molecule has 0 amide bonds. The first-order valence-electron chi connectivity index (χ1n) is 7.92. The number of aliphatic imine (C=N–C) groups is 1. The molecule has 0 saturated carbocycles. The second kappa shape index (κ2) is 11.8. The first kappa shape index (κ1) is 20.4. The lowest BCUT2D eigenvalue weighted by Crippen LogP contribution is -2.41. The summed E-state index contributed by atoms with van der Waals surface area (Å²) < 4.78 is 0. The summed E-state index contributed by atoms with van der Waals surface area (Å²) >= 11 is 0. The summed E-state index contributed by atoms with van der Waals surface area (Å²) in [5, 5.41) is 16.5. The first-order valence-corrected chi connectivity index (χ1v) is 7.92. The van der Waals surface area contributed by atoms with Crippen LogP contribution in [0.2, 0.25) is 0 Å². The molecule has 0 radical (unpaired) electrons. The van der Waals surface area contributed by atoms with E-state index in [9.17, 15) is 5.11 Å². The van der Waals surface area contributed by atoms with Crippen LogP contribution in [-0.4, -0.2) is 35.2 Å². The molecule has 0 aliphatic rings. The van der Waals surface area contributed by atoms with Crippen LogP contribution in [0.3, 0.4) is 0 Å². The van der Waals surface area contributed by atoms with Crippen LogP contribution < -0.4 is 10.6 Å². The first-order chi connectivity index (χ1) is 11.3. The van der Waals surface area contributed by atoms with E-state index >= 15 is 0 Å². The smallest absolute Gasteiger partial charge is 0.191 e. The van der Waals surface area contributed by atoms with Crippen molar-refractivity contribution < 1.29 is 5.11 Å². The highest BCUT2D eigenvalue weighted by atomic mass is 127. The number of benzene rings is 1. The van der Waals surface area contributed by atoms with E-state index in [1.165, 1.54) is 0 Å². The molecule has 2 rings (SSSR count). The Labute approximate surface area is 160 Å². The molecule has 0 bridgehead atoms. The van der Waals surface area contributed by atoms with Crippen molar-refractivity contribution in [3.05, 3.63) is 66.0 Å². The molecule has 24 heavy (non-hydrogen) atoms. The molecule has 5 nitrogen and oxygen atoms in total. The molecule has 0 spiro atoms. The quantitative estimate of drug-likeness (QED) is 0.351. The van der Waals surface area contributed by atoms with Crippen molar-refractivity contribution in [1.82, 2.24) is 15.6 Å². The molecule has 1 aromatic heterocycles. The zero-order chi connectivity index (χ0) is 16.3. The summed E-state index contributed by atoms with van der Waals surface area (Å²) in [6.45, 7) is 3.73. The highest BCUT2D eigenvalue weighted by molar-refractivity contribution is 14.0. The van der Waals surface area contributed by atoms with Gasteiger partial charge in [-0.3, -0.25) is 4.98 Å². The fraction of sp³-hybridized carbons (Fsp3) is 0.333. The number of aromatic nitrogens is 1. The third-order valence-electron chi connectivity index (χ3n) is 3.29. The number of aliphatic hydroxyl groups is 1. The van der Waals surface area contributed by atoms with Crippen molar-refractivity contribution in [2.45, 2.75) is 26.0 Å². The molecule has 1 aromatic carbocycles. The van der Waals surface area contributed by atoms with Crippen LogP contribution in [0.4, 0.5) is 0 Å². The predicted molar refractivity (Wildman–Crippen MR) is 109 cm³/mol. The van der Waals surface area contributed by atoms with Crippen molar-refractivity contribution in [3.8, 4) is 0 Å². The summed E-state index contributed by atoms with van der Waals surface area (Å²) in [7, 11) is 0. The van der Waals surface area contributed by atoms with Gasteiger partial charge in [0, 0.05) is 25.7 Å². The molecular weight excluding hydrogens is 415 g/mol. The molecule has 0 saturated heterocycles. The van der Waals surface area contributed by atoms with E-state index in [4.69, 9.17) is 0 Å². The SMILES string of the molecule is CCNC(=NCc1ccccn1)NCC(O)Cc1ccccc1.I. The summed E-state index contributed by atoms with van der Waals surface area (Å²) in [6.07, 6.45) is 1.92. The van der Waals surface area contributed by atoms with E-state index in [1.54, 1.807) is 6.20 Å². The minimum Gasteiger partial charge on any atom is -0.391 e. The van der Waals surface area contributed by atoms with E-state index in [0.717, 1.165) is 17.8 Å². The summed E-state index contributed by atoms with van der Waals surface area (Å²) in [5.74, 6) is 0.685. The van der Waals surface area contributed by atoms with Gasteiger partial charge in [-0.05, 0) is 24.6 Å². The van der Waals surface area contributed by atoms with Crippen LogP contribution in [0.1, 0.15) is 18.2 Å². The number of pyridine rings is 1. The van der Waals surface area contributed by atoms with Gasteiger partial charge < -0.3 is 15.7 Å². The van der Waals surface area contributed by atoms with Crippen LogP contribution >= 0.6 is 24.0 Å². The maximum absolute atomic E-state index is 10.1. The van der Waals surface area contributed by atoms with E-state index in [0.29, 0.717) is 25.5 Å². The minimum atomic E-state index is -0.462. The van der Waals surface area contributed by atoms with E-state index in [1.807, 2.05) is 55.5 Å². The highest BCUT2D eigenvalue weighted by Gasteiger charge is 2.06. The Balaban J connectivity index is 0.00000288. The van der Waals surface area contributed by atoms with Crippen LogP contribution in [0.25, 0.3) is 0 Å². The number of rotatable bonds is 7. The lowest BCUT2D eigenvalue weighted by atomic mass is 10.1. The van der Waals surface area contributed by atoms with E-state index < -0.39 is 6.10 Å². The van der Waals surface area contributed by atoms with Gasteiger partial charge in [0.15, 0.2) is 5.96 Å². The van der Waals surface area contributed by atoms with Crippen molar-refractivity contribution in [3.63, 3.8) is 0 Å². The third-order valence-corrected chi connectivity index (χ3v) is 3.29. The van der Waals surface area contributed by atoms with Crippen molar-refractivity contribution >= 4 is 29.9 Å². The molecule has 0 aliphatic heterocycles. The van der Waals surface area contributed by atoms with Gasteiger partial charge in [0.05, 0.1) is 18.3 Å². The van der Waals surface area contributed by atoms with Crippen LogP contribution in [0.5, 0.6) is 0 Å². The van der Waals surface area contributed by atoms with Gasteiger partial charge in [-0.1, -0.05) is 36.4 Å². The largest absolute Gasteiger partial charge is 0.391 e. The van der Waals surface area contributed by atoms with Crippen LogP contribution in [-0.2, 0) is 13.0 Å². The third kappa shape index (κ3) is 7.74. The molecule has 3 N–H and O–H groups in total. The molecule has 6 heteroatoms. The number of halogens is 1. The van der Waals surface area contributed by atoms with Gasteiger partial charge in [-0.15, -0.1) is 24.0 Å². The topological polar surface area (TPSA) is 69.5 Å². The number of aliphatic hydroxyl groups excluding tert-OH is 1. The monoisotopic (exact) mass is 440 g/mol. The molecular formula is C18H25IN4O. The number of nitrogens with zero attached hydrogens (tertiary/aromatic N) is 2. The Kier molecular flexibility index (Phi) is 10.0. The fourth-order valence-electron chi connectivity index (χ4n) is 2.17. The van der Waals surface area contributed by atoms with Crippen molar-refractivity contribution in [2.75, 3.05) is 13.1 Å². The fourth-order valence-corrected chi connectivity index (χ4v) is 2.17. The summed E-state index contributed by atoms with van der Waals surface area (Å²) in [4.78, 5) is 8.73. The van der Waals surface area contributed by atoms with Crippen LogP contribution in [0.15, 0.2) is 59.7 Å². The van der Waals surface area contributed by atoms with Crippen LogP contribution in [0, 0.1) is 0 Å². The van der Waals surface area contributed by atoms with E-state index in [-0.39, 0.29) is 24.0 Å². The van der Waals surface area contributed by atoms with Crippen molar-refractivity contribution in [1.29, 1.82) is 0 Å². The Bertz CT molecular complexity index is 592. The molecule has 1 atom stereocenters. The predicted octanol–water partition coefficient (Wildman–Crippen LogP) is 2.36.